The number of ether oxygens (including phenoxy) is 1. The number of rotatable bonds is 5. The lowest BCUT2D eigenvalue weighted by atomic mass is 9.78. The summed E-state index contributed by atoms with van der Waals surface area (Å²) in [5.74, 6) is 1.39. The van der Waals surface area contributed by atoms with Gasteiger partial charge in [-0.1, -0.05) is 26.7 Å². The molecular formula is C16H22N2O4. The van der Waals surface area contributed by atoms with Crippen molar-refractivity contribution in [2.75, 3.05) is 6.61 Å². The molecule has 0 heterocycles. The maximum Gasteiger partial charge on any atom is 0.269 e. The van der Waals surface area contributed by atoms with E-state index in [-0.39, 0.29) is 24.2 Å². The zero-order valence-electron chi connectivity index (χ0n) is 13.0. The highest BCUT2D eigenvalue weighted by Crippen LogP contribution is 2.29. The van der Waals surface area contributed by atoms with Gasteiger partial charge in [0.15, 0.2) is 6.61 Å². The number of nitro groups is 1. The molecule has 1 N–H and O–H groups in total. The van der Waals surface area contributed by atoms with Gasteiger partial charge in [0.05, 0.1) is 4.92 Å². The topological polar surface area (TPSA) is 81.5 Å². The number of nitrogens with zero attached hydrogens (tertiary/aromatic N) is 1. The van der Waals surface area contributed by atoms with Crippen LogP contribution in [0.5, 0.6) is 5.75 Å². The summed E-state index contributed by atoms with van der Waals surface area (Å²) in [4.78, 5) is 22.1. The number of non-ortho nitro benzene ring substituents is 1. The summed E-state index contributed by atoms with van der Waals surface area (Å²) in [6.45, 7) is 4.32. The van der Waals surface area contributed by atoms with Crippen LogP contribution < -0.4 is 10.1 Å². The van der Waals surface area contributed by atoms with Crippen LogP contribution in [0.4, 0.5) is 5.69 Å². The summed E-state index contributed by atoms with van der Waals surface area (Å²) in [7, 11) is 0. The predicted molar refractivity (Wildman–Crippen MR) is 82.7 cm³/mol. The average molecular weight is 306 g/mol. The zero-order valence-corrected chi connectivity index (χ0v) is 13.0. The number of hydrogen-bond donors (Lipinski definition) is 1. The summed E-state index contributed by atoms with van der Waals surface area (Å²) >= 11 is 0. The molecule has 6 nitrogen and oxygen atoms in total. The molecule has 1 aliphatic rings. The minimum Gasteiger partial charge on any atom is -0.484 e. The first-order chi connectivity index (χ1) is 10.5. The molecule has 0 unspecified atom stereocenters. The van der Waals surface area contributed by atoms with E-state index < -0.39 is 4.92 Å². The fourth-order valence-corrected chi connectivity index (χ4v) is 2.85. The summed E-state index contributed by atoms with van der Waals surface area (Å²) in [5.41, 5.74) is 0.00168. The van der Waals surface area contributed by atoms with Crippen molar-refractivity contribution in [3.63, 3.8) is 0 Å². The molecule has 1 aliphatic carbocycles. The standard InChI is InChI=1S/C16H22N2O4/c1-11-4-3-5-15(12(11)2)17-16(19)10-22-14-8-6-13(7-9-14)18(20)21/h6-9,11-12,15H,3-5,10H2,1-2H3,(H,17,19)/t11-,12-,15-/m1/s1. The van der Waals surface area contributed by atoms with E-state index in [1.54, 1.807) is 0 Å². The van der Waals surface area contributed by atoms with E-state index in [0.717, 1.165) is 12.8 Å². The largest absolute Gasteiger partial charge is 0.484 e. The van der Waals surface area contributed by atoms with Gasteiger partial charge in [-0.05, 0) is 30.4 Å². The van der Waals surface area contributed by atoms with Gasteiger partial charge in [0.1, 0.15) is 5.75 Å². The molecule has 120 valence electrons. The van der Waals surface area contributed by atoms with Gasteiger partial charge in [-0.25, -0.2) is 0 Å². The van der Waals surface area contributed by atoms with Crippen molar-refractivity contribution in [1.29, 1.82) is 0 Å². The van der Waals surface area contributed by atoms with Gasteiger partial charge in [0.2, 0.25) is 0 Å². The Kier molecular flexibility index (Phi) is 5.35. The molecular weight excluding hydrogens is 284 g/mol. The summed E-state index contributed by atoms with van der Waals surface area (Å²) in [5, 5.41) is 13.6. The first kappa shape index (κ1) is 16.3. The van der Waals surface area contributed by atoms with Crippen molar-refractivity contribution in [3.05, 3.63) is 34.4 Å². The number of carbonyl (C=O) groups is 1. The SMILES string of the molecule is C[C@@H]1[C@H](C)CCC[C@H]1NC(=O)COc1ccc([N+](=O)[O-])cc1. The molecule has 1 amide bonds. The van der Waals surface area contributed by atoms with E-state index in [0.29, 0.717) is 17.6 Å². The van der Waals surface area contributed by atoms with E-state index in [2.05, 4.69) is 19.2 Å². The highest BCUT2D eigenvalue weighted by molar-refractivity contribution is 5.77. The number of amides is 1. The highest BCUT2D eigenvalue weighted by atomic mass is 16.6. The smallest absolute Gasteiger partial charge is 0.269 e. The Morgan fingerprint density at radius 1 is 1.32 bits per heavy atom. The van der Waals surface area contributed by atoms with Gasteiger partial charge < -0.3 is 10.1 Å². The quantitative estimate of drug-likeness (QED) is 0.670. The summed E-state index contributed by atoms with van der Waals surface area (Å²) in [6, 6.07) is 5.92. The van der Waals surface area contributed by atoms with Crippen LogP contribution in [0.15, 0.2) is 24.3 Å². The Bertz CT molecular complexity index is 529. The fourth-order valence-electron chi connectivity index (χ4n) is 2.85. The van der Waals surface area contributed by atoms with E-state index in [4.69, 9.17) is 4.74 Å². The van der Waals surface area contributed by atoms with Crippen molar-refractivity contribution in [2.45, 2.75) is 39.2 Å². The normalized spacial score (nSPS) is 24.5. The predicted octanol–water partition coefficient (Wildman–Crippen LogP) is 2.91. The Labute approximate surface area is 130 Å². The van der Waals surface area contributed by atoms with Crippen LogP contribution in [0, 0.1) is 22.0 Å². The zero-order chi connectivity index (χ0) is 16.1. The molecule has 1 saturated carbocycles. The second-order valence-corrected chi connectivity index (χ2v) is 5.98. The number of carbonyl (C=O) groups excluding carboxylic acids is 1. The van der Waals surface area contributed by atoms with Crippen molar-refractivity contribution in [3.8, 4) is 5.75 Å². The minimum absolute atomic E-state index is 0.00168. The molecule has 1 aromatic carbocycles. The molecule has 0 saturated heterocycles. The van der Waals surface area contributed by atoms with E-state index in [1.165, 1.54) is 30.7 Å². The molecule has 2 rings (SSSR count). The van der Waals surface area contributed by atoms with Crippen LogP contribution in [-0.4, -0.2) is 23.5 Å². The van der Waals surface area contributed by atoms with Crippen LogP contribution in [0.25, 0.3) is 0 Å². The number of nitro benzene ring substituents is 1. The van der Waals surface area contributed by atoms with Crippen LogP contribution in [-0.2, 0) is 4.79 Å². The first-order valence-electron chi connectivity index (χ1n) is 7.64. The average Bonchev–Trinajstić information content (AvgIpc) is 2.50. The van der Waals surface area contributed by atoms with Crippen LogP contribution >= 0.6 is 0 Å². The number of hydrogen-bond acceptors (Lipinski definition) is 4. The molecule has 0 aliphatic heterocycles. The third kappa shape index (κ3) is 4.19. The number of nitrogens with one attached hydrogen (secondary N) is 1. The van der Waals surface area contributed by atoms with Crippen LogP contribution in [0.1, 0.15) is 33.1 Å². The maximum atomic E-state index is 12.0. The Balaban J connectivity index is 1.81. The third-order valence-electron chi connectivity index (χ3n) is 4.47. The summed E-state index contributed by atoms with van der Waals surface area (Å²) in [6.07, 6.45) is 3.36. The lowest BCUT2D eigenvalue weighted by Crippen LogP contribution is -2.45. The first-order valence-corrected chi connectivity index (χ1v) is 7.64. The molecule has 0 radical (unpaired) electrons. The van der Waals surface area contributed by atoms with Crippen LogP contribution in [0.3, 0.4) is 0 Å². The molecule has 1 fully saturated rings. The molecule has 0 spiro atoms. The summed E-state index contributed by atoms with van der Waals surface area (Å²) < 4.78 is 5.37. The molecule has 22 heavy (non-hydrogen) atoms. The van der Waals surface area contributed by atoms with Gasteiger partial charge in [-0.3, -0.25) is 14.9 Å². The Morgan fingerprint density at radius 3 is 2.64 bits per heavy atom. The molecule has 0 aromatic heterocycles. The van der Waals surface area contributed by atoms with Crippen molar-refractivity contribution in [1.82, 2.24) is 5.32 Å². The monoisotopic (exact) mass is 306 g/mol. The highest BCUT2D eigenvalue weighted by Gasteiger charge is 2.28. The Morgan fingerprint density at radius 2 is 2.00 bits per heavy atom. The van der Waals surface area contributed by atoms with Crippen LogP contribution in [0.2, 0.25) is 0 Å². The second-order valence-electron chi connectivity index (χ2n) is 5.98. The lowest BCUT2D eigenvalue weighted by molar-refractivity contribution is -0.384. The lowest BCUT2D eigenvalue weighted by Gasteiger charge is -2.34. The van der Waals surface area contributed by atoms with Gasteiger partial charge in [-0.15, -0.1) is 0 Å². The van der Waals surface area contributed by atoms with E-state index in [9.17, 15) is 14.9 Å². The second kappa shape index (κ2) is 7.24. The fraction of sp³-hybridized carbons (Fsp3) is 0.562. The molecule has 3 atom stereocenters. The molecule has 6 heteroatoms. The Hall–Kier alpha value is -2.11. The maximum absolute atomic E-state index is 12.0. The molecule has 1 aromatic rings. The van der Waals surface area contributed by atoms with Crippen molar-refractivity contribution in [2.24, 2.45) is 11.8 Å². The third-order valence-corrected chi connectivity index (χ3v) is 4.47. The van der Waals surface area contributed by atoms with Crippen molar-refractivity contribution < 1.29 is 14.5 Å². The van der Waals surface area contributed by atoms with Gasteiger partial charge in [0, 0.05) is 18.2 Å². The molecule has 0 bridgehead atoms. The van der Waals surface area contributed by atoms with Crippen molar-refractivity contribution >= 4 is 11.6 Å². The van der Waals surface area contributed by atoms with E-state index in [1.807, 2.05) is 0 Å². The minimum atomic E-state index is -0.470. The van der Waals surface area contributed by atoms with Gasteiger partial charge in [0.25, 0.3) is 11.6 Å². The van der Waals surface area contributed by atoms with Gasteiger partial charge >= 0.3 is 0 Å². The van der Waals surface area contributed by atoms with E-state index >= 15 is 0 Å². The number of benzene rings is 1. The van der Waals surface area contributed by atoms with Gasteiger partial charge in [-0.2, -0.15) is 0 Å².